The molecule has 2 fully saturated rings. The fourth-order valence-electron chi connectivity index (χ4n) is 3.91. The molecule has 1 saturated carbocycles. The number of aromatic nitrogens is 1. The van der Waals surface area contributed by atoms with E-state index in [-0.39, 0.29) is 12.1 Å². The maximum Gasteiger partial charge on any atom is 0.170 e. The van der Waals surface area contributed by atoms with Crippen LogP contribution in [0.3, 0.4) is 0 Å². The van der Waals surface area contributed by atoms with Gasteiger partial charge in [-0.25, -0.2) is 0 Å². The van der Waals surface area contributed by atoms with E-state index in [1.54, 1.807) is 11.3 Å². The first-order valence-electron chi connectivity index (χ1n) is 8.49. The van der Waals surface area contributed by atoms with Crippen molar-refractivity contribution in [3.05, 3.63) is 51.4 Å². The lowest BCUT2D eigenvalue weighted by molar-refractivity contribution is 0.199. The molecule has 2 aliphatic rings. The Morgan fingerprint density at radius 1 is 1.17 bits per heavy atom. The summed E-state index contributed by atoms with van der Waals surface area (Å²) in [7, 11) is 0. The summed E-state index contributed by atoms with van der Waals surface area (Å²) in [5.41, 5.74) is 1.03. The van der Waals surface area contributed by atoms with Crippen molar-refractivity contribution in [2.24, 2.45) is 0 Å². The van der Waals surface area contributed by atoms with Crippen LogP contribution in [0.4, 0.5) is 0 Å². The summed E-state index contributed by atoms with van der Waals surface area (Å²) in [5.74, 6) is 0. The summed E-state index contributed by atoms with van der Waals surface area (Å²) in [6.07, 6.45) is 8.19. The lowest BCUT2D eigenvalue weighted by Crippen LogP contribution is -2.40. The van der Waals surface area contributed by atoms with Crippen molar-refractivity contribution in [2.75, 3.05) is 0 Å². The van der Waals surface area contributed by atoms with Crippen LogP contribution in [-0.2, 0) is 0 Å². The van der Waals surface area contributed by atoms with E-state index in [1.807, 2.05) is 24.4 Å². The molecule has 126 valence electrons. The third-order valence-corrected chi connectivity index (χ3v) is 6.62. The second kappa shape index (κ2) is 6.98. The van der Waals surface area contributed by atoms with E-state index < -0.39 is 0 Å². The van der Waals surface area contributed by atoms with Gasteiger partial charge in [0.2, 0.25) is 0 Å². The number of thiocarbonyl (C=S) groups is 1. The molecule has 2 aromatic rings. The van der Waals surface area contributed by atoms with Crippen LogP contribution in [-0.4, -0.2) is 21.0 Å². The number of nitrogens with zero attached hydrogens (tertiary/aromatic N) is 2. The van der Waals surface area contributed by atoms with E-state index in [2.05, 4.69) is 27.3 Å². The van der Waals surface area contributed by atoms with Crippen LogP contribution in [0, 0.1) is 0 Å². The monoisotopic (exact) mass is 377 g/mol. The average Bonchev–Trinajstić information content (AvgIpc) is 3.19. The molecule has 1 aliphatic heterocycles. The number of nitrogens with one attached hydrogen (secondary N) is 1. The average molecular weight is 378 g/mol. The van der Waals surface area contributed by atoms with Crippen molar-refractivity contribution in [2.45, 2.75) is 50.2 Å². The third kappa shape index (κ3) is 3.05. The molecule has 6 heteroatoms. The normalized spacial score (nSPS) is 25.0. The fourth-order valence-corrected chi connectivity index (χ4v) is 5.50. The van der Waals surface area contributed by atoms with Gasteiger partial charge in [-0.15, -0.1) is 11.3 Å². The summed E-state index contributed by atoms with van der Waals surface area (Å²) in [5, 5.41) is 4.39. The van der Waals surface area contributed by atoms with Crippen molar-refractivity contribution in [3.63, 3.8) is 0 Å². The zero-order chi connectivity index (χ0) is 16.5. The summed E-state index contributed by atoms with van der Waals surface area (Å²) in [6, 6.07) is 11.0. The Balaban J connectivity index is 1.73. The van der Waals surface area contributed by atoms with Crippen LogP contribution >= 0.6 is 35.2 Å². The van der Waals surface area contributed by atoms with Crippen LogP contribution in [0.25, 0.3) is 0 Å². The molecule has 0 unspecified atom stereocenters. The number of pyridine rings is 1. The number of halogens is 1. The molecular weight excluding hydrogens is 358 g/mol. The number of rotatable bonds is 3. The van der Waals surface area contributed by atoms with Gasteiger partial charge >= 0.3 is 0 Å². The van der Waals surface area contributed by atoms with Gasteiger partial charge in [-0.3, -0.25) is 4.98 Å². The zero-order valence-electron chi connectivity index (χ0n) is 13.3. The first-order valence-corrected chi connectivity index (χ1v) is 10.1. The van der Waals surface area contributed by atoms with Crippen molar-refractivity contribution >= 4 is 40.3 Å². The van der Waals surface area contributed by atoms with E-state index in [0.717, 1.165) is 15.1 Å². The molecule has 24 heavy (non-hydrogen) atoms. The maximum atomic E-state index is 6.23. The van der Waals surface area contributed by atoms with Gasteiger partial charge in [0.1, 0.15) is 0 Å². The number of hydrogen-bond acceptors (Lipinski definition) is 3. The predicted molar refractivity (Wildman–Crippen MR) is 103 cm³/mol. The van der Waals surface area contributed by atoms with Gasteiger partial charge in [0.25, 0.3) is 0 Å². The minimum absolute atomic E-state index is 0.0790. The summed E-state index contributed by atoms with van der Waals surface area (Å²) in [6.45, 7) is 0. The van der Waals surface area contributed by atoms with Crippen molar-refractivity contribution in [3.8, 4) is 0 Å². The van der Waals surface area contributed by atoms with E-state index in [0.29, 0.717) is 6.04 Å². The molecule has 4 rings (SSSR count). The molecule has 0 spiro atoms. The number of thiophene rings is 1. The standard InChI is InChI=1S/C18H20ClN3S2/c19-15-10-9-14(24-15)17-16(13-8-4-5-11-20-13)21-18(23)22(17)12-6-2-1-3-7-12/h4-5,8-12,16-17H,1-3,6-7H2,(H,21,23)/t16-,17-/m0/s1. The first-order chi connectivity index (χ1) is 11.7. The second-order valence-corrected chi connectivity index (χ2v) is 8.60. The molecular formula is C18H20ClN3S2. The molecule has 2 atom stereocenters. The van der Waals surface area contributed by atoms with E-state index in [9.17, 15) is 0 Å². The molecule has 0 bridgehead atoms. The van der Waals surface area contributed by atoms with Crippen LogP contribution in [0.1, 0.15) is 54.8 Å². The van der Waals surface area contributed by atoms with Crippen LogP contribution in [0.15, 0.2) is 36.5 Å². The molecule has 1 N–H and O–H groups in total. The quantitative estimate of drug-likeness (QED) is 0.753. The summed E-state index contributed by atoms with van der Waals surface area (Å²) < 4.78 is 0.825. The van der Waals surface area contributed by atoms with Crippen molar-refractivity contribution in [1.82, 2.24) is 15.2 Å². The van der Waals surface area contributed by atoms with Crippen LogP contribution < -0.4 is 5.32 Å². The van der Waals surface area contributed by atoms with Crippen LogP contribution in [0.2, 0.25) is 4.34 Å². The SMILES string of the molecule is S=C1N[C@@H](c2ccccn2)[C@H](c2ccc(Cl)s2)N1C1CCCCC1. The van der Waals surface area contributed by atoms with Crippen LogP contribution in [0.5, 0.6) is 0 Å². The molecule has 3 nitrogen and oxygen atoms in total. The van der Waals surface area contributed by atoms with Gasteiger partial charge in [0.05, 0.1) is 22.1 Å². The fraction of sp³-hybridized carbons (Fsp3) is 0.444. The second-order valence-electron chi connectivity index (χ2n) is 6.47. The Morgan fingerprint density at radius 2 is 2.00 bits per heavy atom. The largest absolute Gasteiger partial charge is 0.352 e. The zero-order valence-corrected chi connectivity index (χ0v) is 15.7. The Kier molecular flexibility index (Phi) is 4.74. The van der Waals surface area contributed by atoms with Gasteiger partial charge < -0.3 is 10.2 Å². The molecule has 0 aromatic carbocycles. The van der Waals surface area contributed by atoms with E-state index in [4.69, 9.17) is 23.8 Å². The molecule has 3 heterocycles. The molecule has 0 radical (unpaired) electrons. The molecule has 1 saturated heterocycles. The predicted octanol–water partition coefficient (Wildman–Crippen LogP) is 5.10. The highest BCUT2D eigenvalue weighted by atomic mass is 35.5. The molecule has 1 aliphatic carbocycles. The van der Waals surface area contributed by atoms with Gasteiger partial charge in [-0.2, -0.15) is 0 Å². The smallest absolute Gasteiger partial charge is 0.170 e. The lowest BCUT2D eigenvalue weighted by Gasteiger charge is -2.36. The lowest BCUT2D eigenvalue weighted by atomic mass is 9.92. The topological polar surface area (TPSA) is 28.2 Å². The Hall–Kier alpha value is -1.17. The van der Waals surface area contributed by atoms with Gasteiger partial charge in [0, 0.05) is 17.1 Å². The van der Waals surface area contributed by atoms with E-state index >= 15 is 0 Å². The Labute approximate surface area is 157 Å². The molecule has 0 amide bonds. The highest BCUT2D eigenvalue weighted by Crippen LogP contribution is 2.44. The van der Waals surface area contributed by atoms with Crippen molar-refractivity contribution in [1.29, 1.82) is 0 Å². The Morgan fingerprint density at radius 3 is 2.67 bits per heavy atom. The highest BCUT2D eigenvalue weighted by molar-refractivity contribution is 7.80. The van der Waals surface area contributed by atoms with Crippen molar-refractivity contribution < 1.29 is 0 Å². The molecule has 2 aromatic heterocycles. The minimum Gasteiger partial charge on any atom is -0.352 e. The van der Waals surface area contributed by atoms with Gasteiger partial charge in [0.15, 0.2) is 5.11 Å². The number of hydrogen-bond donors (Lipinski definition) is 1. The summed E-state index contributed by atoms with van der Waals surface area (Å²) >= 11 is 13.6. The minimum atomic E-state index is 0.0790. The third-order valence-electron chi connectivity index (χ3n) is 4.99. The van der Waals surface area contributed by atoms with Gasteiger partial charge in [-0.05, 0) is 49.3 Å². The van der Waals surface area contributed by atoms with Gasteiger partial charge in [-0.1, -0.05) is 36.9 Å². The summed E-state index contributed by atoms with van der Waals surface area (Å²) in [4.78, 5) is 8.26. The first kappa shape index (κ1) is 16.3. The highest BCUT2D eigenvalue weighted by Gasteiger charge is 2.43. The van der Waals surface area contributed by atoms with E-state index in [1.165, 1.54) is 37.0 Å². The Bertz CT molecular complexity index is 712. The maximum absolute atomic E-state index is 6.23.